The van der Waals surface area contributed by atoms with Crippen molar-refractivity contribution in [3.8, 4) is 5.75 Å². The molecule has 0 aliphatic heterocycles. The lowest BCUT2D eigenvalue weighted by atomic mass is 10.2. The van der Waals surface area contributed by atoms with E-state index < -0.39 is 4.92 Å². The van der Waals surface area contributed by atoms with E-state index in [9.17, 15) is 10.1 Å². The van der Waals surface area contributed by atoms with Crippen LogP contribution in [-0.2, 0) is 6.54 Å². The zero-order valence-electron chi connectivity index (χ0n) is 11.1. The first kappa shape index (κ1) is 15.4. The SMILES string of the molecule is COc1cc(CNc2cccc(Cl)c2Cl)cc([N+](=O)[O-])c1. The van der Waals surface area contributed by atoms with E-state index in [4.69, 9.17) is 27.9 Å². The number of methoxy groups -OCH3 is 1. The molecule has 0 bridgehead atoms. The van der Waals surface area contributed by atoms with Crippen LogP contribution in [0.1, 0.15) is 5.56 Å². The fourth-order valence-electron chi connectivity index (χ4n) is 1.81. The van der Waals surface area contributed by atoms with Crippen molar-refractivity contribution in [1.29, 1.82) is 0 Å². The van der Waals surface area contributed by atoms with Gasteiger partial charge in [-0.1, -0.05) is 29.3 Å². The number of anilines is 1. The first-order valence-electron chi connectivity index (χ1n) is 6.01. The summed E-state index contributed by atoms with van der Waals surface area (Å²) in [5.41, 5.74) is 1.34. The molecule has 5 nitrogen and oxygen atoms in total. The maximum atomic E-state index is 10.9. The Hall–Kier alpha value is -1.98. The van der Waals surface area contributed by atoms with E-state index in [1.807, 2.05) is 0 Å². The highest BCUT2D eigenvalue weighted by Crippen LogP contribution is 2.30. The lowest BCUT2D eigenvalue weighted by Crippen LogP contribution is -2.01. The van der Waals surface area contributed by atoms with Crippen molar-refractivity contribution in [2.45, 2.75) is 6.54 Å². The van der Waals surface area contributed by atoms with Crippen molar-refractivity contribution in [3.05, 3.63) is 62.1 Å². The summed E-state index contributed by atoms with van der Waals surface area (Å²) in [6, 6.07) is 9.81. The fraction of sp³-hybridized carbons (Fsp3) is 0.143. The number of hydrogen-bond donors (Lipinski definition) is 1. The molecule has 0 aromatic heterocycles. The van der Waals surface area contributed by atoms with Crippen molar-refractivity contribution in [3.63, 3.8) is 0 Å². The number of benzene rings is 2. The summed E-state index contributed by atoms with van der Waals surface area (Å²) in [6.07, 6.45) is 0. The Morgan fingerprint density at radius 1 is 1.29 bits per heavy atom. The number of nitrogens with zero attached hydrogens (tertiary/aromatic N) is 1. The Bertz CT molecular complexity index is 677. The van der Waals surface area contributed by atoms with Gasteiger partial charge in [0.25, 0.3) is 5.69 Å². The molecular weight excluding hydrogens is 315 g/mol. The maximum absolute atomic E-state index is 10.9. The Balaban J connectivity index is 2.21. The number of nitrogens with one attached hydrogen (secondary N) is 1. The molecule has 2 aromatic carbocycles. The average Bonchev–Trinajstić information content (AvgIpc) is 2.48. The predicted octanol–water partition coefficient (Wildman–Crippen LogP) is 4.52. The van der Waals surface area contributed by atoms with Crippen molar-refractivity contribution in [1.82, 2.24) is 0 Å². The van der Waals surface area contributed by atoms with Crippen LogP contribution in [0.5, 0.6) is 5.75 Å². The van der Waals surface area contributed by atoms with Crippen LogP contribution in [0, 0.1) is 10.1 Å². The summed E-state index contributed by atoms with van der Waals surface area (Å²) in [5.74, 6) is 0.429. The van der Waals surface area contributed by atoms with E-state index in [-0.39, 0.29) is 5.69 Å². The van der Waals surface area contributed by atoms with Crippen LogP contribution in [0.3, 0.4) is 0 Å². The summed E-state index contributed by atoms with van der Waals surface area (Å²) in [5, 5.41) is 14.8. The quantitative estimate of drug-likeness (QED) is 0.648. The molecular formula is C14H12Cl2N2O3. The van der Waals surface area contributed by atoms with Crippen molar-refractivity contribution >= 4 is 34.6 Å². The standard InChI is InChI=1S/C14H12Cl2N2O3/c1-21-11-6-9(5-10(7-11)18(19)20)8-17-13-4-2-3-12(15)14(13)16/h2-7,17H,8H2,1H3. The lowest BCUT2D eigenvalue weighted by Gasteiger charge is -2.10. The van der Waals surface area contributed by atoms with Gasteiger partial charge >= 0.3 is 0 Å². The highest BCUT2D eigenvalue weighted by Gasteiger charge is 2.11. The largest absolute Gasteiger partial charge is 0.496 e. The third kappa shape index (κ3) is 3.77. The molecule has 0 amide bonds. The minimum absolute atomic E-state index is 0.0247. The Morgan fingerprint density at radius 2 is 2.05 bits per heavy atom. The summed E-state index contributed by atoms with van der Waals surface area (Å²) in [6.45, 7) is 0.359. The van der Waals surface area contributed by atoms with Crippen molar-refractivity contribution in [2.24, 2.45) is 0 Å². The van der Waals surface area contributed by atoms with Crippen LogP contribution in [0.25, 0.3) is 0 Å². The number of halogens is 2. The molecule has 0 fully saturated rings. The predicted molar refractivity (Wildman–Crippen MR) is 83.4 cm³/mol. The minimum atomic E-state index is -0.460. The molecule has 0 heterocycles. The van der Waals surface area contributed by atoms with E-state index in [2.05, 4.69) is 5.32 Å². The summed E-state index contributed by atoms with van der Waals surface area (Å²) >= 11 is 12.0. The normalized spacial score (nSPS) is 10.2. The average molecular weight is 327 g/mol. The number of ether oxygens (including phenoxy) is 1. The van der Waals surface area contributed by atoms with Gasteiger partial charge in [0, 0.05) is 12.6 Å². The number of rotatable bonds is 5. The third-order valence-electron chi connectivity index (χ3n) is 2.83. The van der Waals surface area contributed by atoms with E-state index >= 15 is 0 Å². The molecule has 7 heteroatoms. The molecule has 0 atom stereocenters. The molecule has 0 radical (unpaired) electrons. The van der Waals surface area contributed by atoms with Crippen molar-refractivity contribution in [2.75, 3.05) is 12.4 Å². The van der Waals surface area contributed by atoms with Crippen LogP contribution in [0.15, 0.2) is 36.4 Å². The minimum Gasteiger partial charge on any atom is -0.496 e. The molecule has 110 valence electrons. The summed E-state index contributed by atoms with van der Waals surface area (Å²) < 4.78 is 5.06. The summed E-state index contributed by atoms with van der Waals surface area (Å²) in [4.78, 5) is 10.4. The van der Waals surface area contributed by atoms with Gasteiger partial charge in [-0.2, -0.15) is 0 Å². The number of nitro benzene ring substituents is 1. The van der Waals surface area contributed by atoms with Crippen LogP contribution >= 0.6 is 23.2 Å². The molecule has 0 unspecified atom stereocenters. The first-order chi connectivity index (χ1) is 10.0. The van der Waals surface area contributed by atoms with Gasteiger partial charge in [0.1, 0.15) is 5.75 Å². The lowest BCUT2D eigenvalue weighted by molar-refractivity contribution is -0.385. The first-order valence-corrected chi connectivity index (χ1v) is 6.77. The van der Waals surface area contributed by atoms with Gasteiger partial charge in [0.15, 0.2) is 0 Å². The molecule has 0 aliphatic rings. The third-order valence-corrected chi connectivity index (χ3v) is 3.65. The zero-order chi connectivity index (χ0) is 15.4. The Kier molecular flexibility index (Phi) is 4.88. The highest BCUT2D eigenvalue weighted by molar-refractivity contribution is 6.43. The van der Waals surface area contributed by atoms with Gasteiger partial charge in [-0.3, -0.25) is 10.1 Å². The van der Waals surface area contributed by atoms with E-state index in [0.29, 0.717) is 33.6 Å². The van der Waals surface area contributed by atoms with Crippen LogP contribution in [-0.4, -0.2) is 12.0 Å². The Labute approximate surface area is 131 Å². The second-order valence-electron chi connectivity index (χ2n) is 4.25. The van der Waals surface area contributed by atoms with Gasteiger partial charge in [-0.25, -0.2) is 0 Å². The van der Waals surface area contributed by atoms with Gasteiger partial charge in [-0.05, 0) is 23.8 Å². The number of hydrogen-bond acceptors (Lipinski definition) is 4. The molecule has 0 spiro atoms. The van der Waals surface area contributed by atoms with E-state index in [1.165, 1.54) is 19.2 Å². The highest BCUT2D eigenvalue weighted by atomic mass is 35.5. The second-order valence-corrected chi connectivity index (χ2v) is 5.04. The second kappa shape index (κ2) is 6.65. The maximum Gasteiger partial charge on any atom is 0.273 e. The molecule has 0 aliphatic carbocycles. The monoisotopic (exact) mass is 326 g/mol. The number of nitro groups is 1. The van der Waals surface area contributed by atoms with Crippen LogP contribution in [0.2, 0.25) is 10.0 Å². The van der Waals surface area contributed by atoms with E-state index in [0.717, 1.165) is 0 Å². The summed E-state index contributed by atoms with van der Waals surface area (Å²) in [7, 11) is 1.46. The molecule has 1 N–H and O–H groups in total. The van der Waals surface area contributed by atoms with Gasteiger partial charge < -0.3 is 10.1 Å². The number of non-ortho nitro benzene ring substituents is 1. The van der Waals surface area contributed by atoms with Gasteiger partial charge in [-0.15, -0.1) is 0 Å². The Morgan fingerprint density at radius 3 is 2.71 bits per heavy atom. The fourth-order valence-corrected chi connectivity index (χ4v) is 2.17. The molecule has 0 saturated carbocycles. The van der Waals surface area contributed by atoms with Gasteiger partial charge in [0.05, 0.1) is 33.8 Å². The van der Waals surface area contributed by atoms with Gasteiger partial charge in [0.2, 0.25) is 0 Å². The van der Waals surface area contributed by atoms with Crippen molar-refractivity contribution < 1.29 is 9.66 Å². The molecule has 2 aromatic rings. The van der Waals surface area contributed by atoms with E-state index in [1.54, 1.807) is 24.3 Å². The molecule has 2 rings (SSSR count). The zero-order valence-corrected chi connectivity index (χ0v) is 12.6. The smallest absolute Gasteiger partial charge is 0.273 e. The molecule has 0 saturated heterocycles. The van der Waals surface area contributed by atoms with Crippen LogP contribution in [0.4, 0.5) is 11.4 Å². The topological polar surface area (TPSA) is 64.4 Å². The molecule has 21 heavy (non-hydrogen) atoms. The van der Waals surface area contributed by atoms with Crippen LogP contribution < -0.4 is 10.1 Å².